The van der Waals surface area contributed by atoms with Crippen LogP contribution in [0.5, 0.6) is 0 Å². The van der Waals surface area contributed by atoms with Crippen LogP contribution in [-0.4, -0.2) is 55.1 Å². The standard InChI is InChI=1S/C10H23N3/c1-9(11)8-10(2)13-6-4-12(3)5-7-13/h9-10H,4-8,11H2,1-3H3. The van der Waals surface area contributed by atoms with Crippen LogP contribution in [0.3, 0.4) is 0 Å². The molecule has 0 saturated carbocycles. The number of rotatable bonds is 3. The quantitative estimate of drug-likeness (QED) is 0.689. The Hall–Kier alpha value is -0.120. The van der Waals surface area contributed by atoms with Crippen molar-refractivity contribution in [1.29, 1.82) is 0 Å². The lowest BCUT2D eigenvalue weighted by atomic mass is 10.1. The van der Waals surface area contributed by atoms with Crippen molar-refractivity contribution < 1.29 is 0 Å². The maximum absolute atomic E-state index is 5.79. The molecule has 1 fully saturated rings. The highest BCUT2D eigenvalue weighted by atomic mass is 15.3. The highest BCUT2D eigenvalue weighted by molar-refractivity contribution is 4.76. The third-order valence-electron chi connectivity index (χ3n) is 2.87. The Bertz CT molecular complexity index is 139. The largest absolute Gasteiger partial charge is 0.328 e. The van der Waals surface area contributed by atoms with Crippen LogP contribution in [0.1, 0.15) is 20.3 Å². The molecule has 3 heteroatoms. The zero-order valence-electron chi connectivity index (χ0n) is 9.16. The van der Waals surface area contributed by atoms with Crippen LogP contribution in [0.2, 0.25) is 0 Å². The highest BCUT2D eigenvalue weighted by Gasteiger charge is 2.19. The third-order valence-corrected chi connectivity index (χ3v) is 2.87. The van der Waals surface area contributed by atoms with Gasteiger partial charge in [0, 0.05) is 38.3 Å². The molecule has 0 bridgehead atoms. The number of piperazine rings is 1. The fraction of sp³-hybridized carbons (Fsp3) is 1.00. The Labute approximate surface area is 81.9 Å². The second kappa shape index (κ2) is 4.94. The SMILES string of the molecule is CC(N)CC(C)N1CCN(C)CC1. The van der Waals surface area contributed by atoms with E-state index in [0.717, 1.165) is 6.42 Å². The molecule has 1 heterocycles. The summed E-state index contributed by atoms with van der Waals surface area (Å²) in [6.45, 7) is 9.17. The average Bonchev–Trinajstić information content (AvgIpc) is 2.04. The van der Waals surface area contributed by atoms with E-state index in [1.807, 2.05) is 0 Å². The van der Waals surface area contributed by atoms with E-state index in [9.17, 15) is 0 Å². The molecule has 0 radical (unpaired) electrons. The summed E-state index contributed by atoms with van der Waals surface area (Å²) in [5.74, 6) is 0. The molecule has 2 N–H and O–H groups in total. The summed E-state index contributed by atoms with van der Waals surface area (Å²) in [4.78, 5) is 4.93. The van der Waals surface area contributed by atoms with Crippen molar-refractivity contribution in [1.82, 2.24) is 9.80 Å². The number of likely N-dealkylation sites (N-methyl/N-ethyl adjacent to an activating group) is 1. The maximum atomic E-state index is 5.79. The van der Waals surface area contributed by atoms with Gasteiger partial charge in [-0.05, 0) is 27.3 Å². The molecule has 1 saturated heterocycles. The summed E-state index contributed by atoms with van der Waals surface area (Å²) >= 11 is 0. The van der Waals surface area contributed by atoms with Gasteiger partial charge in [-0.1, -0.05) is 0 Å². The van der Waals surface area contributed by atoms with Crippen LogP contribution >= 0.6 is 0 Å². The smallest absolute Gasteiger partial charge is 0.0113 e. The molecule has 0 aromatic rings. The van der Waals surface area contributed by atoms with Crippen molar-refractivity contribution in [3.63, 3.8) is 0 Å². The monoisotopic (exact) mass is 185 g/mol. The average molecular weight is 185 g/mol. The molecular weight excluding hydrogens is 162 g/mol. The van der Waals surface area contributed by atoms with Gasteiger partial charge < -0.3 is 10.6 Å². The van der Waals surface area contributed by atoms with E-state index < -0.39 is 0 Å². The van der Waals surface area contributed by atoms with E-state index in [-0.39, 0.29) is 0 Å². The second-order valence-electron chi connectivity index (χ2n) is 4.40. The van der Waals surface area contributed by atoms with Crippen molar-refractivity contribution in [2.45, 2.75) is 32.4 Å². The number of hydrogen-bond acceptors (Lipinski definition) is 3. The molecule has 1 aliphatic heterocycles. The van der Waals surface area contributed by atoms with E-state index in [2.05, 4.69) is 30.7 Å². The number of hydrogen-bond donors (Lipinski definition) is 1. The Morgan fingerprint density at radius 1 is 1.15 bits per heavy atom. The number of nitrogens with zero attached hydrogens (tertiary/aromatic N) is 2. The van der Waals surface area contributed by atoms with Gasteiger partial charge in [0.15, 0.2) is 0 Å². The summed E-state index contributed by atoms with van der Waals surface area (Å²) in [6.07, 6.45) is 1.11. The van der Waals surface area contributed by atoms with E-state index >= 15 is 0 Å². The van der Waals surface area contributed by atoms with Gasteiger partial charge in [0.2, 0.25) is 0 Å². The van der Waals surface area contributed by atoms with Crippen molar-refractivity contribution in [2.24, 2.45) is 5.73 Å². The molecular formula is C10H23N3. The maximum Gasteiger partial charge on any atom is 0.0113 e. The highest BCUT2D eigenvalue weighted by Crippen LogP contribution is 2.08. The minimum atomic E-state index is 0.328. The molecule has 0 spiro atoms. The lowest BCUT2D eigenvalue weighted by Crippen LogP contribution is -2.49. The predicted molar refractivity (Wildman–Crippen MR) is 56.8 cm³/mol. The number of nitrogens with two attached hydrogens (primary N) is 1. The van der Waals surface area contributed by atoms with Crippen molar-refractivity contribution in [3.8, 4) is 0 Å². The summed E-state index contributed by atoms with van der Waals surface area (Å²) in [6, 6.07) is 0.975. The normalized spacial score (nSPS) is 25.8. The first-order valence-corrected chi connectivity index (χ1v) is 5.27. The molecule has 0 aromatic carbocycles. The van der Waals surface area contributed by atoms with Crippen LogP contribution in [0.25, 0.3) is 0 Å². The topological polar surface area (TPSA) is 32.5 Å². The van der Waals surface area contributed by atoms with Gasteiger partial charge in [-0.2, -0.15) is 0 Å². The van der Waals surface area contributed by atoms with Gasteiger partial charge >= 0.3 is 0 Å². The minimum Gasteiger partial charge on any atom is -0.328 e. The van der Waals surface area contributed by atoms with Crippen LogP contribution in [0, 0.1) is 0 Å². The van der Waals surface area contributed by atoms with Crippen molar-refractivity contribution in [3.05, 3.63) is 0 Å². The molecule has 0 aromatic heterocycles. The molecule has 1 aliphatic rings. The van der Waals surface area contributed by atoms with Gasteiger partial charge in [0.05, 0.1) is 0 Å². The van der Waals surface area contributed by atoms with E-state index in [1.165, 1.54) is 26.2 Å². The summed E-state index contributed by atoms with van der Waals surface area (Å²) in [7, 11) is 2.19. The molecule has 2 unspecified atom stereocenters. The molecule has 0 amide bonds. The van der Waals surface area contributed by atoms with Crippen LogP contribution in [0.4, 0.5) is 0 Å². The zero-order valence-corrected chi connectivity index (χ0v) is 9.16. The summed E-state index contributed by atoms with van der Waals surface area (Å²) in [5, 5.41) is 0. The van der Waals surface area contributed by atoms with Gasteiger partial charge in [-0.3, -0.25) is 4.90 Å². The summed E-state index contributed by atoms with van der Waals surface area (Å²) in [5.41, 5.74) is 5.79. The Morgan fingerprint density at radius 2 is 1.69 bits per heavy atom. The first-order valence-electron chi connectivity index (χ1n) is 5.27. The Morgan fingerprint density at radius 3 is 2.15 bits per heavy atom. The van der Waals surface area contributed by atoms with E-state index in [4.69, 9.17) is 5.73 Å². The van der Waals surface area contributed by atoms with Crippen molar-refractivity contribution in [2.75, 3.05) is 33.2 Å². The fourth-order valence-electron chi connectivity index (χ4n) is 1.95. The lowest BCUT2D eigenvalue weighted by Gasteiger charge is -2.37. The van der Waals surface area contributed by atoms with Crippen LogP contribution in [-0.2, 0) is 0 Å². The molecule has 3 nitrogen and oxygen atoms in total. The molecule has 1 rings (SSSR count). The zero-order chi connectivity index (χ0) is 9.84. The Kier molecular flexibility index (Phi) is 4.16. The van der Waals surface area contributed by atoms with Gasteiger partial charge in [0.25, 0.3) is 0 Å². The van der Waals surface area contributed by atoms with Crippen LogP contribution < -0.4 is 5.73 Å². The lowest BCUT2D eigenvalue weighted by molar-refractivity contribution is 0.112. The molecule has 13 heavy (non-hydrogen) atoms. The predicted octanol–water partition coefficient (Wildman–Crippen LogP) is 0.360. The minimum absolute atomic E-state index is 0.328. The fourth-order valence-corrected chi connectivity index (χ4v) is 1.95. The van der Waals surface area contributed by atoms with Crippen molar-refractivity contribution >= 4 is 0 Å². The first kappa shape index (κ1) is 11.0. The molecule has 2 atom stereocenters. The molecule has 78 valence electrons. The van der Waals surface area contributed by atoms with Crippen LogP contribution in [0.15, 0.2) is 0 Å². The first-order chi connectivity index (χ1) is 6.09. The van der Waals surface area contributed by atoms with Gasteiger partial charge in [-0.15, -0.1) is 0 Å². The van der Waals surface area contributed by atoms with E-state index in [0.29, 0.717) is 12.1 Å². The Balaban J connectivity index is 2.27. The summed E-state index contributed by atoms with van der Waals surface area (Å²) < 4.78 is 0. The molecule has 0 aliphatic carbocycles. The van der Waals surface area contributed by atoms with Gasteiger partial charge in [0.1, 0.15) is 0 Å². The van der Waals surface area contributed by atoms with Gasteiger partial charge in [-0.25, -0.2) is 0 Å². The third kappa shape index (κ3) is 3.63. The second-order valence-corrected chi connectivity index (χ2v) is 4.40. The van der Waals surface area contributed by atoms with E-state index in [1.54, 1.807) is 0 Å².